The van der Waals surface area contributed by atoms with Crippen LogP contribution in [0.5, 0.6) is 5.75 Å². The number of methoxy groups -OCH3 is 1. The SMILES string of the molecule is COc1cc(-c2cnn(C3CN(C(=O)OC(C)(C)C)C(C)(C)C3)c2C)cn2ncc(C#N)c12. The number of carbonyl (C=O) groups excluding carboxylic acids is 1. The lowest BCUT2D eigenvalue weighted by Crippen LogP contribution is -2.45. The molecule has 1 atom stereocenters. The van der Waals surface area contributed by atoms with Crippen molar-refractivity contribution in [1.82, 2.24) is 24.3 Å². The number of rotatable bonds is 3. The van der Waals surface area contributed by atoms with E-state index >= 15 is 0 Å². The van der Waals surface area contributed by atoms with Crippen molar-refractivity contribution in [3.05, 3.63) is 35.9 Å². The lowest BCUT2D eigenvalue weighted by molar-refractivity contribution is 0.0131. The third-order valence-corrected chi connectivity index (χ3v) is 6.09. The fourth-order valence-electron chi connectivity index (χ4n) is 4.56. The predicted molar refractivity (Wildman–Crippen MR) is 123 cm³/mol. The number of carbonyl (C=O) groups is 1. The van der Waals surface area contributed by atoms with E-state index in [0.717, 1.165) is 23.2 Å². The van der Waals surface area contributed by atoms with Crippen LogP contribution in [-0.4, -0.2) is 55.2 Å². The summed E-state index contributed by atoms with van der Waals surface area (Å²) >= 11 is 0. The summed E-state index contributed by atoms with van der Waals surface area (Å²) in [5.41, 5.74) is 3.01. The molecule has 0 N–H and O–H groups in total. The van der Waals surface area contributed by atoms with E-state index in [1.165, 1.54) is 6.20 Å². The monoisotopic (exact) mass is 450 g/mol. The van der Waals surface area contributed by atoms with Crippen molar-refractivity contribution in [2.45, 2.75) is 65.1 Å². The van der Waals surface area contributed by atoms with Gasteiger partial charge in [0.25, 0.3) is 0 Å². The van der Waals surface area contributed by atoms with Gasteiger partial charge in [0.05, 0.1) is 25.5 Å². The first-order valence-corrected chi connectivity index (χ1v) is 11.0. The minimum Gasteiger partial charge on any atom is -0.494 e. The van der Waals surface area contributed by atoms with Gasteiger partial charge in [-0.05, 0) is 54.0 Å². The molecule has 0 spiro atoms. The van der Waals surface area contributed by atoms with Gasteiger partial charge in [0.2, 0.25) is 0 Å². The lowest BCUT2D eigenvalue weighted by Gasteiger charge is -2.33. The van der Waals surface area contributed by atoms with Gasteiger partial charge in [-0.3, -0.25) is 4.68 Å². The molecule has 1 unspecified atom stereocenters. The van der Waals surface area contributed by atoms with Crippen LogP contribution in [-0.2, 0) is 4.74 Å². The Bertz CT molecular complexity index is 1260. The molecule has 0 aromatic carbocycles. The summed E-state index contributed by atoms with van der Waals surface area (Å²) in [5.74, 6) is 0.576. The molecule has 4 heterocycles. The van der Waals surface area contributed by atoms with Crippen molar-refractivity contribution in [1.29, 1.82) is 5.26 Å². The highest BCUT2D eigenvalue weighted by Gasteiger charge is 2.44. The normalized spacial score (nSPS) is 17.9. The van der Waals surface area contributed by atoms with Gasteiger partial charge in [-0.25, -0.2) is 9.31 Å². The maximum atomic E-state index is 12.8. The summed E-state index contributed by atoms with van der Waals surface area (Å²) in [6.07, 6.45) is 5.69. The van der Waals surface area contributed by atoms with Crippen molar-refractivity contribution in [2.75, 3.05) is 13.7 Å². The van der Waals surface area contributed by atoms with Gasteiger partial charge in [-0.1, -0.05) is 0 Å². The minimum absolute atomic E-state index is 0.0294. The van der Waals surface area contributed by atoms with E-state index in [1.807, 2.05) is 50.8 Å². The van der Waals surface area contributed by atoms with E-state index in [1.54, 1.807) is 16.5 Å². The predicted octanol–water partition coefficient (Wildman–Crippen LogP) is 4.35. The first kappa shape index (κ1) is 22.6. The van der Waals surface area contributed by atoms with Crippen molar-refractivity contribution in [3.63, 3.8) is 0 Å². The number of pyridine rings is 1. The quantitative estimate of drug-likeness (QED) is 0.588. The standard InChI is InChI=1S/C24H30N6O3/c1-15-19(16-8-20(32-7)21-17(10-25)11-26-29(21)13-16)12-27-30(15)18-9-24(5,6)28(14-18)22(31)33-23(2,3)4/h8,11-13,18H,9,14H2,1-7H3. The number of aromatic nitrogens is 4. The van der Waals surface area contributed by atoms with Gasteiger partial charge in [0.15, 0.2) is 0 Å². The van der Waals surface area contributed by atoms with E-state index in [2.05, 4.69) is 30.1 Å². The molecule has 3 aromatic heterocycles. The van der Waals surface area contributed by atoms with Crippen molar-refractivity contribution in [3.8, 4) is 22.9 Å². The maximum Gasteiger partial charge on any atom is 0.410 e. The van der Waals surface area contributed by atoms with Gasteiger partial charge in [-0.15, -0.1) is 0 Å². The summed E-state index contributed by atoms with van der Waals surface area (Å²) in [6.45, 7) is 12.3. The molecule has 1 saturated heterocycles. The number of ether oxygens (including phenoxy) is 2. The number of amides is 1. The molecule has 4 rings (SSSR count). The molecule has 1 fully saturated rings. The van der Waals surface area contributed by atoms with Crippen LogP contribution in [0.1, 0.15) is 58.3 Å². The first-order valence-electron chi connectivity index (χ1n) is 11.0. The highest BCUT2D eigenvalue weighted by molar-refractivity contribution is 5.76. The van der Waals surface area contributed by atoms with Crippen molar-refractivity contribution < 1.29 is 14.3 Å². The second-order valence-electron chi connectivity index (χ2n) is 10.1. The Labute approximate surface area is 193 Å². The first-order chi connectivity index (χ1) is 15.4. The Kier molecular flexibility index (Phi) is 5.35. The molecule has 1 aliphatic rings. The Morgan fingerprint density at radius 3 is 2.64 bits per heavy atom. The topological polar surface area (TPSA) is 97.7 Å². The molecule has 3 aromatic rings. The number of nitrogens with zero attached hydrogens (tertiary/aromatic N) is 6. The summed E-state index contributed by atoms with van der Waals surface area (Å²) in [6, 6.07) is 4.08. The second-order valence-corrected chi connectivity index (χ2v) is 10.1. The van der Waals surface area contributed by atoms with Crippen LogP contribution in [0, 0.1) is 18.3 Å². The molecule has 9 nitrogen and oxygen atoms in total. The molecule has 1 aliphatic heterocycles. The highest BCUT2D eigenvalue weighted by atomic mass is 16.6. The number of hydrogen-bond acceptors (Lipinski definition) is 6. The zero-order chi connectivity index (χ0) is 24.1. The third-order valence-electron chi connectivity index (χ3n) is 6.09. The zero-order valence-corrected chi connectivity index (χ0v) is 20.2. The van der Waals surface area contributed by atoms with Crippen LogP contribution < -0.4 is 4.74 Å². The van der Waals surface area contributed by atoms with E-state index in [9.17, 15) is 10.1 Å². The fourth-order valence-corrected chi connectivity index (χ4v) is 4.56. The molecule has 1 amide bonds. The number of fused-ring (bicyclic) bond motifs is 1. The molecular weight excluding hydrogens is 420 g/mol. The number of nitriles is 1. The molecule has 33 heavy (non-hydrogen) atoms. The van der Waals surface area contributed by atoms with Crippen LogP contribution in [0.2, 0.25) is 0 Å². The van der Waals surface area contributed by atoms with Gasteiger partial charge < -0.3 is 14.4 Å². The van der Waals surface area contributed by atoms with E-state index < -0.39 is 5.60 Å². The van der Waals surface area contributed by atoms with Gasteiger partial charge in [0, 0.05) is 35.1 Å². The second kappa shape index (κ2) is 7.80. The zero-order valence-electron chi connectivity index (χ0n) is 20.2. The summed E-state index contributed by atoms with van der Waals surface area (Å²) in [7, 11) is 1.58. The van der Waals surface area contributed by atoms with Gasteiger partial charge >= 0.3 is 6.09 Å². The van der Waals surface area contributed by atoms with Gasteiger partial charge in [-0.2, -0.15) is 15.5 Å². The fraction of sp³-hybridized carbons (Fsp3) is 0.500. The Hall–Kier alpha value is -3.54. The highest BCUT2D eigenvalue weighted by Crippen LogP contribution is 2.39. The van der Waals surface area contributed by atoms with Crippen LogP contribution in [0.15, 0.2) is 24.7 Å². The number of likely N-dealkylation sites (tertiary alicyclic amines) is 1. The summed E-state index contributed by atoms with van der Waals surface area (Å²) < 4.78 is 14.8. The van der Waals surface area contributed by atoms with E-state index in [-0.39, 0.29) is 17.7 Å². The average Bonchev–Trinajstić information content (AvgIpc) is 3.40. The Morgan fingerprint density at radius 2 is 2.00 bits per heavy atom. The van der Waals surface area contributed by atoms with E-state index in [4.69, 9.17) is 9.47 Å². The smallest absolute Gasteiger partial charge is 0.410 e. The number of hydrogen-bond donors (Lipinski definition) is 0. The summed E-state index contributed by atoms with van der Waals surface area (Å²) in [4.78, 5) is 14.6. The van der Waals surface area contributed by atoms with Crippen LogP contribution in [0.4, 0.5) is 4.79 Å². The molecular formula is C24H30N6O3. The molecule has 9 heteroatoms. The molecule has 0 radical (unpaired) electrons. The third kappa shape index (κ3) is 4.01. The van der Waals surface area contributed by atoms with Crippen LogP contribution in [0.3, 0.4) is 0 Å². The molecule has 0 aliphatic carbocycles. The lowest BCUT2D eigenvalue weighted by atomic mass is 10.0. The Morgan fingerprint density at radius 1 is 1.27 bits per heavy atom. The van der Waals surface area contributed by atoms with Crippen LogP contribution >= 0.6 is 0 Å². The average molecular weight is 451 g/mol. The maximum absolute atomic E-state index is 12.8. The molecule has 0 bridgehead atoms. The largest absolute Gasteiger partial charge is 0.494 e. The minimum atomic E-state index is -0.546. The van der Waals surface area contributed by atoms with Crippen LogP contribution in [0.25, 0.3) is 16.6 Å². The van der Waals surface area contributed by atoms with E-state index in [0.29, 0.717) is 23.4 Å². The van der Waals surface area contributed by atoms with Crippen molar-refractivity contribution >= 4 is 11.6 Å². The Balaban J connectivity index is 1.67. The van der Waals surface area contributed by atoms with Crippen molar-refractivity contribution in [2.24, 2.45) is 0 Å². The van der Waals surface area contributed by atoms with Gasteiger partial charge in [0.1, 0.15) is 28.5 Å². The molecule has 0 saturated carbocycles. The summed E-state index contributed by atoms with van der Waals surface area (Å²) in [5, 5.41) is 18.3. The molecule has 174 valence electrons.